The van der Waals surface area contributed by atoms with Gasteiger partial charge in [-0.05, 0) is 37.6 Å². The molecule has 0 aliphatic carbocycles. The number of aryl methyl sites for hydroxylation is 1. The minimum Gasteiger partial charge on any atom is -0.497 e. The predicted molar refractivity (Wildman–Crippen MR) is 109 cm³/mol. The van der Waals surface area contributed by atoms with Gasteiger partial charge in [0.1, 0.15) is 5.75 Å². The third-order valence-electron chi connectivity index (χ3n) is 3.95. The van der Waals surface area contributed by atoms with Gasteiger partial charge < -0.3 is 15.4 Å². The highest BCUT2D eigenvalue weighted by Crippen LogP contribution is 2.31. The lowest BCUT2D eigenvalue weighted by atomic mass is 9.96. The van der Waals surface area contributed by atoms with E-state index in [0.29, 0.717) is 24.5 Å². The molecular formula is C20H27N3O3S. The van der Waals surface area contributed by atoms with Crippen molar-refractivity contribution >= 4 is 28.3 Å². The van der Waals surface area contributed by atoms with E-state index in [1.54, 1.807) is 7.11 Å². The number of methoxy groups -OCH3 is 1. The number of carbonyl (C=O) groups is 2. The Morgan fingerprint density at radius 3 is 2.44 bits per heavy atom. The molecule has 27 heavy (non-hydrogen) atoms. The number of nitrogens with zero attached hydrogens (tertiary/aromatic N) is 1. The van der Waals surface area contributed by atoms with Crippen molar-refractivity contribution in [3.63, 3.8) is 0 Å². The number of anilines is 1. The molecule has 2 rings (SSSR count). The van der Waals surface area contributed by atoms with Gasteiger partial charge in [-0.15, -0.1) is 11.3 Å². The lowest BCUT2D eigenvalue weighted by Gasteiger charge is -2.17. The summed E-state index contributed by atoms with van der Waals surface area (Å²) in [7, 11) is 1.63. The van der Waals surface area contributed by atoms with Crippen LogP contribution in [-0.2, 0) is 9.59 Å². The Hall–Kier alpha value is -2.41. The lowest BCUT2D eigenvalue weighted by molar-refractivity contribution is -0.128. The van der Waals surface area contributed by atoms with Gasteiger partial charge in [0.2, 0.25) is 11.8 Å². The standard InChI is InChI=1S/C20H27N3O3S/c1-13-17(14-8-10-15(26-5)11-9-14)23-19(27-13)22-16(24)7-6-12-21-18(25)20(2,3)4/h8-11H,6-7,12H2,1-5H3,(H,21,25)(H,22,23,24). The number of carbonyl (C=O) groups excluding carboxylic acids is 2. The highest BCUT2D eigenvalue weighted by Gasteiger charge is 2.20. The van der Waals surface area contributed by atoms with E-state index in [9.17, 15) is 9.59 Å². The number of ether oxygens (including phenoxy) is 1. The van der Waals surface area contributed by atoms with Gasteiger partial charge in [-0.2, -0.15) is 0 Å². The highest BCUT2D eigenvalue weighted by atomic mass is 32.1. The summed E-state index contributed by atoms with van der Waals surface area (Å²) in [5.41, 5.74) is 1.42. The zero-order valence-electron chi connectivity index (χ0n) is 16.5. The van der Waals surface area contributed by atoms with Crippen LogP contribution >= 0.6 is 11.3 Å². The van der Waals surface area contributed by atoms with Crippen molar-refractivity contribution in [3.05, 3.63) is 29.1 Å². The molecule has 2 amide bonds. The van der Waals surface area contributed by atoms with Crippen LogP contribution in [0.1, 0.15) is 38.5 Å². The molecule has 0 unspecified atom stereocenters. The average molecular weight is 390 g/mol. The number of nitrogens with one attached hydrogen (secondary N) is 2. The number of thiazole rings is 1. The number of aromatic nitrogens is 1. The molecule has 0 saturated heterocycles. The average Bonchev–Trinajstić information content (AvgIpc) is 2.97. The zero-order chi connectivity index (χ0) is 20.0. The molecule has 1 heterocycles. The van der Waals surface area contributed by atoms with Crippen LogP contribution in [0.4, 0.5) is 5.13 Å². The quantitative estimate of drug-likeness (QED) is 0.701. The third kappa shape index (κ3) is 6.06. The molecule has 2 aromatic rings. The van der Waals surface area contributed by atoms with Crippen LogP contribution in [0, 0.1) is 12.3 Å². The molecule has 1 aromatic heterocycles. The maximum atomic E-state index is 12.1. The van der Waals surface area contributed by atoms with E-state index >= 15 is 0 Å². The maximum absolute atomic E-state index is 12.1. The smallest absolute Gasteiger partial charge is 0.226 e. The van der Waals surface area contributed by atoms with E-state index in [1.807, 2.05) is 52.0 Å². The van der Waals surface area contributed by atoms with Gasteiger partial charge in [0.15, 0.2) is 5.13 Å². The van der Waals surface area contributed by atoms with Crippen molar-refractivity contribution in [2.75, 3.05) is 19.0 Å². The first-order valence-electron chi connectivity index (χ1n) is 8.90. The topological polar surface area (TPSA) is 80.3 Å². The molecule has 1 aromatic carbocycles. The first-order chi connectivity index (χ1) is 12.7. The van der Waals surface area contributed by atoms with Gasteiger partial charge in [0.25, 0.3) is 0 Å². The molecular weight excluding hydrogens is 362 g/mol. The zero-order valence-corrected chi connectivity index (χ0v) is 17.3. The maximum Gasteiger partial charge on any atom is 0.226 e. The van der Waals surface area contributed by atoms with Crippen molar-refractivity contribution in [2.45, 2.75) is 40.5 Å². The van der Waals surface area contributed by atoms with Gasteiger partial charge >= 0.3 is 0 Å². The first-order valence-corrected chi connectivity index (χ1v) is 9.72. The van der Waals surface area contributed by atoms with E-state index < -0.39 is 5.41 Å². The first kappa shape index (κ1) is 20.9. The van der Waals surface area contributed by atoms with Crippen LogP contribution in [0.5, 0.6) is 5.75 Å². The summed E-state index contributed by atoms with van der Waals surface area (Å²) in [6, 6.07) is 7.67. The predicted octanol–water partition coefficient (Wildman–Crippen LogP) is 4.01. The Kier molecular flexibility index (Phi) is 6.96. The van der Waals surface area contributed by atoms with Gasteiger partial charge in [0.05, 0.1) is 12.8 Å². The molecule has 7 heteroatoms. The molecule has 0 spiro atoms. The number of hydrogen-bond acceptors (Lipinski definition) is 5. The monoisotopic (exact) mass is 389 g/mol. The Balaban J connectivity index is 1.86. The Labute approximate surface area is 164 Å². The normalized spacial score (nSPS) is 11.1. The Morgan fingerprint density at radius 1 is 1.19 bits per heavy atom. The fraction of sp³-hybridized carbons (Fsp3) is 0.450. The fourth-order valence-corrected chi connectivity index (χ4v) is 3.22. The number of rotatable bonds is 7. The van der Waals surface area contributed by atoms with Crippen LogP contribution in [-0.4, -0.2) is 30.5 Å². The van der Waals surface area contributed by atoms with Crippen molar-refractivity contribution < 1.29 is 14.3 Å². The van der Waals surface area contributed by atoms with Crippen molar-refractivity contribution in [2.24, 2.45) is 5.41 Å². The molecule has 2 N–H and O–H groups in total. The van der Waals surface area contributed by atoms with E-state index in [-0.39, 0.29) is 11.8 Å². The highest BCUT2D eigenvalue weighted by molar-refractivity contribution is 7.16. The SMILES string of the molecule is COc1ccc(-c2nc(NC(=O)CCCNC(=O)C(C)(C)C)sc2C)cc1. The van der Waals surface area contributed by atoms with Crippen molar-refractivity contribution in [3.8, 4) is 17.0 Å². The summed E-state index contributed by atoms with van der Waals surface area (Å²) < 4.78 is 5.17. The second kappa shape index (κ2) is 8.99. The van der Waals surface area contributed by atoms with Gasteiger partial charge in [-0.1, -0.05) is 20.8 Å². The summed E-state index contributed by atoms with van der Waals surface area (Å²) in [5.74, 6) is 0.677. The minimum atomic E-state index is -0.418. The van der Waals surface area contributed by atoms with E-state index in [1.165, 1.54) is 11.3 Å². The van der Waals surface area contributed by atoms with Gasteiger partial charge in [0, 0.05) is 28.8 Å². The summed E-state index contributed by atoms with van der Waals surface area (Å²) in [4.78, 5) is 29.5. The number of amides is 2. The molecule has 6 nitrogen and oxygen atoms in total. The molecule has 0 fully saturated rings. The van der Waals surface area contributed by atoms with Gasteiger partial charge in [-0.25, -0.2) is 4.98 Å². The number of hydrogen-bond donors (Lipinski definition) is 2. The van der Waals surface area contributed by atoms with E-state index in [0.717, 1.165) is 21.9 Å². The molecule has 0 radical (unpaired) electrons. The third-order valence-corrected chi connectivity index (χ3v) is 4.84. The van der Waals surface area contributed by atoms with Gasteiger partial charge in [-0.3, -0.25) is 9.59 Å². The van der Waals surface area contributed by atoms with E-state index in [2.05, 4.69) is 15.6 Å². The Bertz CT molecular complexity index is 792. The molecule has 0 atom stereocenters. The second-order valence-electron chi connectivity index (χ2n) is 7.31. The summed E-state index contributed by atoms with van der Waals surface area (Å²) >= 11 is 1.45. The van der Waals surface area contributed by atoms with Crippen LogP contribution in [0.2, 0.25) is 0 Å². The van der Waals surface area contributed by atoms with E-state index in [4.69, 9.17) is 4.74 Å². The second-order valence-corrected chi connectivity index (χ2v) is 8.51. The van der Waals surface area contributed by atoms with Crippen molar-refractivity contribution in [1.82, 2.24) is 10.3 Å². The molecule has 0 bridgehead atoms. The lowest BCUT2D eigenvalue weighted by Crippen LogP contribution is -2.35. The summed E-state index contributed by atoms with van der Waals surface area (Å²) in [6.07, 6.45) is 0.921. The molecule has 0 aliphatic rings. The van der Waals surface area contributed by atoms with Crippen LogP contribution in [0.25, 0.3) is 11.3 Å². The molecule has 0 aliphatic heterocycles. The molecule has 0 saturated carbocycles. The largest absolute Gasteiger partial charge is 0.497 e. The van der Waals surface area contributed by atoms with Crippen molar-refractivity contribution in [1.29, 1.82) is 0 Å². The summed E-state index contributed by atoms with van der Waals surface area (Å²) in [5, 5.41) is 6.27. The number of benzene rings is 1. The molecule has 146 valence electrons. The minimum absolute atomic E-state index is 0.0115. The van der Waals surface area contributed by atoms with Crippen LogP contribution < -0.4 is 15.4 Å². The summed E-state index contributed by atoms with van der Waals surface area (Å²) in [6.45, 7) is 8.05. The fourth-order valence-electron chi connectivity index (χ4n) is 2.36. The van der Waals surface area contributed by atoms with Crippen LogP contribution in [0.15, 0.2) is 24.3 Å². The Morgan fingerprint density at radius 2 is 1.85 bits per heavy atom. The van der Waals surface area contributed by atoms with Crippen LogP contribution in [0.3, 0.4) is 0 Å².